The van der Waals surface area contributed by atoms with Crippen molar-refractivity contribution in [3.63, 3.8) is 0 Å². The minimum atomic E-state index is -0.590. The third kappa shape index (κ3) is 1.04. The van der Waals surface area contributed by atoms with E-state index in [4.69, 9.17) is 0 Å². The number of nitrogens with zero attached hydrogens (tertiary/aromatic N) is 3. The van der Waals surface area contributed by atoms with Crippen LogP contribution in [0, 0.1) is 17.0 Å². The van der Waals surface area contributed by atoms with Crippen LogP contribution >= 0.6 is 0 Å². The average molecular weight is 127 g/mol. The van der Waals surface area contributed by atoms with E-state index in [9.17, 15) is 10.1 Å². The molecule has 0 aliphatic heterocycles. The molecule has 0 aliphatic rings. The summed E-state index contributed by atoms with van der Waals surface area (Å²) in [6, 6.07) is 1.57. The summed E-state index contributed by atoms with van der Waals surface area (Å²) in [7, 11) is 0. The van der Waals surface area contributed by atoms with Crippen LogP contribution in [0.4, 0.5) is 0 Å². The van der Waals surface area contributed by atoms with E-state index < -0.39 is 5.03 Å². The summed E-state index contributed by atoms with van der Waals surface area (Å²) < 4.78 is 0. The van der Waals surface area contributed by atoms with Gasteiger partial charge in [0, 0.05) is 22.9 Å². The molecule has 0 amide bonds. The van der Waals surface area contributed by atoms with E-state index in [0.29, 0.717) is 10.5 Å². The maximum atomic E-state index is 9.92. The van der Waals surface area contributed by atoms with E-state index in [1.54, 1.807) is 13.0 Å². The molecule has 0 saturated carbocycles. The molecule has 0 radical (unpaired) electrons. The lowest BCUT2D eigenvalue weighted by Gasteiger charge is -1.86. The first-order valence-electron chi connectivity index (χ1n) is 2.37. The van der Waals surface area contributed by atoms with Crippen molar-refractivity contribution < 1.29 is 5.03 Å². The molecule has 0 saturated heterocycles. The number of hydrogen-bond donors (Lipinski definition) is 0. The van der Waals surface area contributed by atoms with Gasteiger partial charge in [-0.15, -0.1) is 0 Å². The van der Waals surface area contributed by atoms with E-state index in [1.165, 1.54) is 6.20 Å². The van der Waals surface area contributed by atoms with Gasteiger partial charge >= 0.3 is 0 Å². The van der Waals surface area contributed by atoms with Crippen molar-refractivity contribution in [3.8, 4) is 0 Å². The topological polar surface area (TPSA) is 61.0 Å². The Morgan fingerprint density at radius 3 is 2.78 bits per heavy atom. The molecule has 1 aromatic heterocycles. The highest BCUT2D eigenvalue weighted by molar-refractivity contribution is 4.93. The van der Waals surface area contributed by atoms with Gasteiger partial charge in [0.15, 0.2) is 5.69 Å². The van der Waals surface area contributed by atoms with Crippen LogP contribution in [0.1, 0.15) is 5.69 Å². The third-order valence-corrected chi connectivity index (χ3v) is 0.877. The van der Waals surface area contributed by atoms with Crippen molar-refractivity contribution in [3.05, 3.63) is 28.1 Å². The van der Waals surface area contributed by atoms with Crippen LogP contribution < -0.4 is 0 Å². The second-order valence-corrected chi connectivity index (χ2v) is 1.62. The maximum Gasteiger partial charge on any atom is 0.177 e. The van der Waals surface area contributed by atoms with Crippen LogP contribution in [0.3, 0.4) is 0 Å². The Bertz CT molecular complexity index is 229. The summed E-state index contributed by atoms with van der Waals surface area (Å²) in [5, 5.41) is 12.9. The zero-order valence-corrected chi connectivity index (χ0v) is 4.81. The van der Waals surface area contributed by atoms with E-state index >= 15 is 0 Å². The number of aromatic nitrogens is 2. The average Bonchev–Trinajstić information content (AvgIpc) is 2.14. The van der Waals surface area contributed by atoms with Gasteiger partial charge in [-0.05, 0) is 0 Å². The lowest BCUT2D eigenvalue weighted by Crippen LogP contribution is -2.08. The zero-order chi connectivity index (χ0) is 6.85. The van der Waals surface area contributed by atoms with Gasteiger partial charge in [-0.25, -0.2) is 0 Å². The molecule has 0 fully saturated rings. The summed E-state index contributed by atoms with van der Waals surface area (Å²) >= 11 is 0. The maximum absolute atomic E-state index is 9.92. The minimum Gasteiger partial charge on any atom is -0.339 e. The van der Waals surface area contributed by atoms with E-state index in [-0.39, 0.29) is 0 Å². The van der Waals surface area contributed by atoms with Crippen LogP contribution in [0.15, 0.2) is 12.3 Å². The molecule has 0 unspecified atom stereocenters. The molecule has 1 aromatic rings. The van der Waals surface area contributed by atoms with Crippen LogP contribution in [-0.2, 0) is 0 Å². The van der Waals surface area contributed by atoms with Gasteiger partial charge in [0.25, 0.3) is 0 Å². The van der Waals surface area contributed by atoms with E-state index in [2.05, 4.69) is 5.10 Å². The molecule has 0 atom stereocenters. The Hall–Kier alpha value is -1.39. The molecule has 0 spiro atoms. The van der Waals surface area contributed by atoms with Gasteiger partial charge in [0.05, 0.1) is 5.03 Å². The quantitative estimate of drug-likeness (QED) is 0.400. The predicted molar refractivity (Wildman–Crippen MR) is 29.4 cm³/mol. The van der Waals surface area contributed by atoms with E-state index in [0.717, 1.165) is 0 Å². The van der Waals surface area contributed by atoms with Gasteiger partial charge in [0.2, 0.25) is 0 Å². The Balaban J connectivity index is 2.98. The Labute approximate surface area is 51.0 Å². The smallest absolute Gasteiger partial charge is 0.177 e. The van der Waals surface area contributed by atoms with E-state index in [1.807, 2.05) is 0 Å². The predicted octanol–water partition coefficient (Wildman–Crippen LogP) is 0.231. The van der Waals surface area contributed by atoms with Crippen LogP contribution in [0.5, 0.6) is 0 Å². The molecular weight excluding hydrogens is 122 g/mol. The van der Waals surface area contributed by atoms with Crippen molar-refractivity contribution >= 4 is 0 Å². The highest BCUT2D eigenvalue weighted by Gasteiger charge is 2.01. The van der Waals surface area contributed by atoms with Crippen LogP contribution in [0.2, 0.25) is 0 Å². The first kappa shape index (κ1) is 5.74. The van der Waals surface area contributed by atoms with Crippen molar-refractivity contribution in [1.82, 2.24) is 9.89 Å². The monoisotopic (exact) mass is 127 g/mol. The standard InChI is InChI=1S/C4H5N3O2/c1-4-2-3-6(5-4)7(8)9/h2-3H,1H3. The summed E-state index contributed by atoms with van der Waals surface area (Å²) in [6.07, 6.45) is 1.30. The van der Waals surface area contributed by atoms with Crippen molar-refractivity contribution in [2.45, 2.75) is 6.92 Å². The summed E-state index contributed by atoms with van der Waals surface area (Å²) in [5.74, 6) is 0. The molecule has 9 heavy (non-hydrogen) atoms. The lowest BCUT2D eigenvalue weighted by molar-refractivity contribution is -0.552. The zero-order valence-electron chi connectivity index (χ0n) is 4.81. The number of rotatable bonds is 1. The second-order valence-electron chi connectivity index (χ2n) is 1.62. The van der Waals surface area contributed by atoms with Gasteiger partial charge < -0.3 is 10.1 Å². The SMILES string of the molecule is Cc1ccn([N+](=O)[O-])n1. The molecule has 0 N–H and O–H groups in total. The highest BCUT2D eigenvalue weighted by Crippen LogP contribution is 1.89. The molecule has 1 rings (SSSR count). The van der Waals surface area contributed by atoms with Crippen LogP contribution in [0.25, 0.3) is 0 Å². The van der Waals surface area contributed by atoms with Crippen molar-refractivity contribution in [1.29, 1.82) is 0 Å². The van der Waals surface area contributed by atoms with Gasteiger partial charge in [-0.3, -0.25) is 0 Å². The van der Waals surface area contributed by atoms with Crippen LogP contribution in [-0.4, -0.2) is 14.9 Å². The first-order chi connectivity index (χ1) is 4.20. The number of aryl methyl sites for hydroxylation is 1. The molecule has 0 aromatic carbocycles. The number of nitro groups is 1. The molecule has 48 valence electrons. The number of hydrogen-bond acceptors (Lipinski definition) is 3. The van der Waals surface area contributed by atoms with Crippen molar-refractivity contribution in [2.75, 3.05) is 0 Å². The molecule has 0 bridgehead atoms. The van der Waals surface area contributed by atoms with Gasteiger partial charge in [-0.2, -0.15) is 0 Å². The lowest BCUT2D eigenvalue weighted by atomic mass is 10.5. The molecule has 1 heterocycles. The molecular formula is C4H5N3O2. The summed E-state index contributed by atoms with van der Waals surface area (Å²) in [5.41, 5.74) is 0.645. The Kier molecular flexibility index (Phi) is 1.18. The fourth-order valence-electron chi connectivity index (χ4n) is 0.494. The normalized spacial score (nSPS) is 9.44. The fourth-order valence-corrected chi connectivity index (χ4v) is 0.494. The summed E-state index contributed by atoms with van der Waals surface area (Å²) in [6.45, 7) is 1.69. The van der Waals surface area contributed by atoms with Gasteiger partial charge in [0.1, 0.15) is 6.20 Å². The first-order valence-corrected chi connectivity index (χ1v) is 2.37. The summed E-state index contributed by atoms with van der Waals surface area (Å²) in [4.78, 5) is 10.6. The van der Waals surface area contributed by atoms with Crippen molar-refractivity contribution in [2.24, 2.45) is 0 Å². The second kappa shape index (κ2) is 1.85. The fraction of sp³-hybridized carbons (Fsp3) is 0.250. The molecule has 5 heteroatoms. The highest BCUT2D eigenvalue weighted by atomic mass is 16.7. The third-order valence-electron chi connectivity index (χ3n) is 0.877. The largest absolute Gasteiger partial charge is 0.339 e. The van der Waals surface area contributed by atoms with Gasteiger partial charge in [-0.1, -0.05) is 0 Å². The molecule has 5 nitrogen and oxygen atoms in total. The minimum absolute atomic E-state index is 0.590. The Morgan fingerprint density at radius 1 is 1.89 bits per heavy atom. The molecule has 0 aliphatic carbocycles. The Morgan fingerprint density at radius 2 is 2.56 bits per heavy atom.